The molecule has 2 aromatic rings. The summed E-state index contributed by atoms with van der Waals surface area (Å²) < 4.78 is 15.9. The predicted octanol–water partition coefficient (Wildman–Crippen LogP) is 3.44. The van der Waals surface area contributed by atoms with Gasteiger partial charge in [0.25, 0.3) is 5.69 Å². The highest BCUT2D eigenvalue weighted by molar-refractivity contribution is 7.98. The van der Waals surface area contributed by atoms with Crippen molar-refractivity contribution in [2.24, 2.45) is 0 Å². The van der Waals surface area contributed by atoms with Gasteiger partial charge in [-0.3, -0.25) is 10.1 Å². The van der Waals surface area contributed by atoms with E-state index in [1.54, 1.807) is 11.8 Å². The number of ether oxygens (including phenoxy) is 3. The fourth-order valence-corrected chi connectivity index (χ4v) is 2.75. The maximum atomic E-state index is 12.3. The van der Waals surface area contributed by atoms with Crippen LogP contribution in [0.5, 0.6) is 11.5 Å². The van der Waals surface area contributed by atoms with E-state index in [4.69, 9.17) is 14.2 Å². The molecule has 0 N–H and O–H groups in total. The summed E-state index contributed by atoms with van der Waals surface area (Å²) in [6.07, 6.45) is 1.97. The number of nitro groups is 1. The van der Waals surface area contributed by atoms with Gasteiger partial charge in [-0.15, -0.1) is 11.8 Å². The molecule has 0 fully saturated rings. The van der Waals surface area contributed by atoms with E-state index in [1.165, 1.54) is 12.1 Å². The van der Waals surface area contributed by atoms with Gasteiger partial charge in [-0.05, 0) is 24.0 Å². The molecule has 25 heavy (non-hydrogen) atoms. The SMILES string of the molecule is CSc1ccc(COC(=O)c2cc3c(cc2[N+](=O)[O-])OCCO3)cc1. The summed E-state index contributed by atoms with van der Waals surface area (Å²) in [5.41, 5.74) is 0.272. The second-order valence-corrected chi connectivity index (χ2v) is 6.07. The smallest absolute Gasteiger partial charge is 0.345 e. The molecule has 1 aliphatic heterocycles. The molecule has 0 aliphatic carbocycles. The number of fused-ring (bicyclic) bond motifs is 1. The van der Waals surface area contributed by atoms with E-state index in [9.17, 15) is 14.9 Å². The second kappa shape index (κ2) is 7.43. The van der Waals surface area contributed by atoms with Crippen molar-refractivity contribution in [3.8, 4) is 11.5 Å². The van der Waals surface area contributed by atoms with Crippen molar-refractivity contribution in [2.75, 3.05) is 19.5 Å². The molecule has 1 aliphatic rings. The second-order valence-electron chi connectivity index (χ2n) is 5.19. The molecule has 0 radical (unpaired) electrons. The van der Waals surface area contributed by atoms with E-state index >= 15 is 0 Å². The number of esters is 1. The van der Waals surface area contributed by atoms with E-state index in [1.807, 2.05) is 30.5 Å². The lowest BCUT2D eigenvalue weighted by atomic mass is 10.1. The van der Waals surface area contributed by atoms with E-state index in [-0.39, 0.29) is 23.6 Å². The Balaban J connectivity index is 1.79. The number of hydrogen-bond donors (Lipinski definition) is 0. The minimum Gasteiger partial charge on any atom is -0.486 e. The lowest BCUT2D eigenvalue weighted by molar-refractivity contribution is -0.385. The molecule has 0 unspecified atom stereocenters. The van der Waals surface area contributed by atoms with Crippen molar-refractivity contribution >= 4 is 23.4 Å². The maximum Gasteiger partial charge on any atom is 0.345 e. The standard InChI is InChI=1S/C17H15NO6S/c1-25-12-4-2-11(3-5-12)10-24-17(19)13-8-15-16(23-7-6-22-15)9-14(13)18(20)21/h2-5,8-9H,6-7,10H2,1H3. The first-order valence-electron chi connectivity index (χ1n) is 7.46. The Labute approximate surface area is 148 Å². The largest absolute Gasteiger partial charge is 0.486 e. The third-order valence-corrected chi connectivity index (χ3v) is 4.35. The Morgan fingerprint density at radius 2 is 1.84 bits per heavy atom. The molecule has 130 valence electrons. The number of nitrogens with zero attached hydrogens (tertiary/aromatic N) is 1. The van der Waals surface area contributed by atoms with Gasteiger partial charge >= 0.3 is 5.97 Å². The highest BCUT2D eigenvalue weighted by Gasteiger charge is 2.27. The third kappa shape index (κ3) is 3.85. The predicted molar refractivity (Wildman–Crippen MR) is 91.4 cm³/mol. The third-order valence-electron chi connectivity index (χ3n) is 3.61. The lowest BCUT2D eigenvalue weighted by Gasteiger charge is -2.18. The quantitative estimate of drug-likeness (QED) is 0.349. The summed E-state index contributed by atoms with van der Waals surface area (Å²) in [6.45, 7) is 0.653. The zero-order chi connectivity index (χ0) is 17.8. The van der Waals surface area contributed by atoms with Gasteiger partial charge in [0.05, 0.1) is 11.0 Å². The van der Waals surface area contributed by atoms with Crippen molar-refractivity contribution < 1.29 is 23.9 Å². The van der Waals surface area contributed by atoms with Crippen LogP contribution in [0.4, 0.5) is 5.69 Å². The zero-order valence-corrected chi connectivity index (χ0v) is 14.2. The molecule has 8 heteroatoms. The van der Waals surface area contributed by atoms with Crippen LogP contribution in [0.25, 0.3) is 0 Å². The van der Waals surface area contributed by atoms with E-state index < -0.39 is 10.9 Å². The highest BCUT2D eigenvalue weighted by atomic mass is 32.2. The van der Waals surface area contributed by atoms with Crippen LogP contribution >= 0.6 is 11.8 Å². The number of hydrogen-bond acceptors (Lipinski definition) is 7. The summed E-state index contributed by atoms with van der Waals surface area (Å²) in [6, 6.07) is 10.0. The first kappa shape index (κ1) is 17.1. The molecule has 0 aromatic heterocycles. The molecular formula is C17H15NO6S. The van der Waals surface area contributed by atoms with Crippen molar-refractivity contribution in [1.29, 1.82) is 0 Å². The summed E-state index contributed by atoms with van der Waals surface area (Å²) in [7, 11) is 0. The number of carbonyl (C=O) groups is 1. The molecule has 0 saturated heterocycles. The van der Waals surface area contributed by atoms with Crippen molar-refractivity contribution in [3.63, 3.8) is 0 Å². The molecule has 0 atom stereocenters. The van der Waals surface area contributed by atoms with Gasteiger partial charge < -0.3 is 14.2 Å². The minimum absolute atomic E-state index is 0.0269. The molecule has 0 bridgehead atoms. The van der Waals surface area contributed by atoms with Gasteiger partial charge in [0, 0.05) is 11.0 Å². The van der Waals surface area contributed by atoms with Gasteiger partial charge in [0.15, 0.2) is 11.5 Å². The van der Waals surface area contributed by atoms with Gasteiger partial charge in [-0.25, -0.2) is 4.79 Å². The molecule has 0 saturated carbocycles. The Morgan fingerprint density at radius 1 is 1.20 bits per heavy atom. The molecular weight excluding hydrogens is 346 g/mol. The molecule has 0 spiro atoms. The summed E-state index contributed by atoms with van der Waals surface area (Å²) in [4.78, 5) is 24.0. The van der Waals surface area contributed by atoms with Gasteiger partial charge in [-0.2, -0.15) is 0 Å². The van der Waals surface area contributed by atoms with Crippen LogP contribution in [0.15, 0.2) is 41.3 Å². The zero-order valence-electron chi connectivity index (χ0n) is 13.4. The van der Waals surface area contributed by atoms with E-state index in [2.05, 4.69) is 0 Å². The topological polar surface area (TPSA) is 87.9 Å². The van der Waals surface area contributed by atoms with Crippen molar-refractivity contribution in [2.45, 2.75) is 11.5 Å². The van der Waals surface area contributed by atoms with Crippen LogP contribution in [0, 0.1) is 10.1 Å². The average Bonchev–Trinajstić information content (AvgIpc) is 2.65. The minimum atomic E-state index is -0.780. The Kier molecular flexibility index (Phi) is 5.08. The van der Waals surface area contributed by atoms with Crippen LogP contribution in [-0.2, 0) is 11.3 Å². The number of benzene rings is 2. The molecule has 2 aromatic carbocycles. The average molecular weight is 361 g/mol. The number of carbonyl (C=O) groups excluding carboxylic acids is 1. The fourth-order valence-electron chi connectivity index (χ4n) is 2.34. The summed E-state index contributed by atoms with van der Waals surface area (Å²) in [5, 5.41) is 11.3. The Bertz CT molecular complexity index is 806. The fraction of sp³-hybridized carbons (Fsp3) is 0.235. The molecule has 3 rings (SSSR count). The normalized spacial score (nSPS) is 12.5. The first-order chi connectivity index (χ1) is 12.1. The van der Waals surface area contributed by atoms with Gasteiger partial charge in [0.2, 0.25) is 0 Å². The van der Waals surface area contributed by atoms with Gasteiger partial charge in [0.1, 0.15) is 25.4 Å². The number of thioether (sulfide) groups is 1. The van der Waals surface area contributed by atoms with Crippen LogP contribution < -0.4 is 9.47 Å². The Hall–Kier alpha value is -2.74. The Morgan fingerprint density at radius 3 is 2.44 bits per heavy atom. The lowest BCUT2D eigenvalue weighted by Crippen LogP contribution is -2.17. The van der Waals surface area contributed by atoms with Crippen LogP contribution in [0.1, 0.15) is 15.9 Å². The van der Waals surface area contributed by atoms with Crippen LogP contribution in [-0.4, -0.2) is 30.4 Å². The van der Waals surface area contributed by atoms with Crippen LogP contribution in [0.2, 0.25) is 0 Å². The van der Waals surface area contributed by atoms with E-state index in [0.29, 0.717) is 19.0 Å². The van der Waals surface area contributed by atoms with Crippen LogP contribution in [0.3, 0.4) is 0 Å². The molecule has 0 amide bonds. The molecule has 7 nitrogen and oxygen atoms in total. The summed E-state index contributed by atoms with van der Waals surface area (Å²) >= 11 is 1.61. The molecule has 1 heterocycles. The summed E-state index contributed by atoms with van der Waals surface area (Å²) in [5.74, 6) is -0.229. The highest BCUT2D eigenvalue weighted by Crippen LogP contribution is 2.37. The van der Waals surface area contributed by atoms with Gasteiger partial charge in [-0.1, -0.05) is 12.1 Å². The van der Waals surface area contributed by atoms with E-state index in [0.717, 1.165) is 10.5 Å². The maximum absolute atomic E-state index is 12.3. The number of rotatable bonds is 5. The van der Waals surface area contributed by atoms with Crippen molar-refractivity contribution in [3.05, 3.63) is 57.6 Å². The number of nitro benzene ring substituents is 1. The monoisotopic (exact) mass is 361 g/mol. The first-order valence-corrected chi connectivity index (χ1v) is 8.69. The van der Waals surface area contributed by atoms with Crippen molar-refractivity contribution in [1.82, 2.24) is 0 Å².